The lowest BCUT2D eigenvalue weighted by molar-refractivity contribution is -0.135. The summed E-state index contributed by atoms with van der Waals surface area (Å²) in [5, 5.41) is 2.46. The molecule has 1 aliphatic carbocycles. The summed E-state index contributed by atoms with van der Waals surface area (Å²) in [4.78, 5) is 27.0. The van der Waals surface area contributed by atoms with Gasteiger partial charge in [0.2, 0.25) is 5.91 Å². The summed E-state index contributed by atoms with van der Waals surface area (Å²) in [6.07, 6.45) is 1.02. The summed E-state index contributed by atoms with van der Waals surface area (Å²) in [6.45, 7) is 4.01. The van der Waals surface area contributed by atoms with Crippen LogP contribution in [0.4, 0.5) is 0 Å². The van der Waals surface area contributed by atoms with E-state index < -0.39 is 10.9 Å². The molecule has 2 atom stereocenters. The quantitative estimate of drug-likeness (QED) is 0.682. The normalized spacial score (nSPS) is 24.3. The molecule has 0 radical (unpaired) electrons. The predicted molar refractivity (Wildman–Crippen MR) is 92.6 cm³/mol. The number of allylic oxidation sites excluding steroid dienone is 1. The van der Waals surface area contributed by atoms with Crippen molar-refractivity contribution in [3.63, 3.8) is 0 Å². The largest absolute Gasteiger partial charge is 0.347 e. The third-order valence-corrected chi connectivity index (χ3v) is 4.98. The molecule has 2 rings (SSSR count). The lowest BCUT2D eigenvalue weighted by Crippen LogP contribution is -2.64. The highest BCUT2D eigenvalue weighted by atomic mass is 35.5. The number of nitrogens with one attached hydrogen (secondary N) is 1. The fourth-order valence-corrected chi connectivity index (χ4v) is 3.40. The minimum Gasteiger partial charge on any atom is -0.347 e. The van der Waals surface area contributed by atoms with E-state index in [4.69, 9.17) is 11.6 Å². The van der Waals surface area contributed by atoms with Gasteiger partial charge in [-0.05, 0) is 32.4 Å². The molecule has 124 valence electrons. The summed E-state index contributed by atoms with van der Waals surface area (Å²) in [5.41, 5.74) is 1.69. The Labute approximate surface area is 142 Å². The van der Waals surface area contributed by atoms with Gasteiger partial charge < -0.3 is 10.2 Å². The van der Waals surface area contributed by atoms with Crippen molar-refractivity contribution in [1.29, 1.82) is 0 Å². The average Bonchev–Trinajstić information content (AvgIpc) is 2.52. The molecule has 0 spiro atoms. The number of nitrogens with zero attached hydrogens (tertiary/aromatic N) is 1. The van der Waals surface area contributed by atoms with Crippen molar-refractivity contribution in [3.05, 3.63) is 47.0 Å². The molecule has 4 nitrogen and oxygen atoms in total. The number of carbonyl (C=O) groups excluding carboxylic acids is 2. The second-order valence-electron chi connectivity index (χ2n) is 6.40. The minimum absolute atomic E-state index is 0.173. The summed E-state index contributed by atoms with van der Waals surface area (Å²) in [6, 6.07) is 8.89. The van der Waals surface area contributed by atoms with Crippen LogP contribution in [0.2, 0.25) is 0 Å². The highest BCUT2D eigenvalue weighted by molar-refractivity contribution is 6.24. The number of carbonyl (C=O) groups is 2. The van der Waals surface area contributed by atoms with E-state index in [1.165, 1.54) is 10.5 Å². The van der Waals surface area contributed by atoms with Crippen LogP contribution in [0.3, 0.4) is 0 Å². The molecule has 2 amide bonds. The highest BCUT2D eigenvalue weighted by Gasteiger charge is 2.49. The third-order valence-electron chi connectivity index (χ3n) is 4.45. The summed E-state index contributed by atoms with van der Waals surface area (Å²) < 4.78 is 0. The Morgan fingerprint density at radius 2 is 1.78 bits per heavy atom. The molecule has 0 aliphatic heterocycles. The van der Waals surface area contributed by atoms with Gasteiger partial charge in [-0.25, -0.2) is 0 Å². The van der Waals surface area contributed by atoms with Crippen LogP contribution in [0, 0.1) is 0 Å². The van der Waals surface area contributed by atoms with Gasteiger partial charge in [-0.2, -0.15) is 0 Å². The van der Waals surface area contributed by atoms with E-state index in [9.17, 15) is 9.59 Å². The third kappa shape index (κ3) is 3.42. The van der Waals surface area contributed by atoms with Crippen molar-refractivity contribution in [2.45, 2.75) is 37.6 Å². The number of hydrogen-bond acceptors (Lipinski definition) is 2. The topological polar surface area (TPSA) is 49.4 Å². The number of benzene rings is 1. The lowest BCUT2D eigenvalue weighted by Gasteiger charge is -2.42. The van der Waals surface area contributed by atoms with Crippen molar-refractivity contribution in [2.75, 3.05) is 14.1 Å². The van der Waals surface area contributed by atoms with Crippen LogP contribution in [0.25, 0.3) is 0 Å². The van der Waals surface area contributed by atoms with Crippen LogP contribution in [0.1, 0.15) is 37.0 Å². The molecule has 0 aromatic heterocycles. The molecule has 0 unspecified atom stereocenters. The molecule has 1 aromatic carbocycles. The number of alkyl halides is 1. The second-order valence-corrected chi connectivity index (χ2v) is 6.93. The Morgan fingerprint density at radius 3 is 2.35 bits per heavy atom. The summed E-state index contributed by atoms with van der Waals surface area (Å²) >= 11 is 6.57. The summed E-state index contributed by atoms with van der Waals surface area (Å²) in [7, 11) is 3.37. The van der Waals surface area contributed by atoms with Crippen molar-refractivity contribution >= 4 is 23.4 Å². The average molecular weight is 335 g/mol. The van der Waals surface area contributed by atoms with Gasteiger partial charge in [-0.3, -0.25) is 9.59 Å². The lowest BCUT2D eigenvalue weighted by atomic mass is 9.77. The first-order chi connectivity index (χ1) is 10.8. The first-order valence-corrected chi connectivity index (χ1v) is 8.10. The van der Waals surface area contributed by atoms with E-state index in [0.29, 0.717) is 18.4 Å². The molecule has 1 N–H and O–H groups in total. The van der Waals surface area contributed by atoms with Crippen LogP contribution in [0.5, 0.6) is 0 Å². The monoisotopic (exact) mass is 334 g/mol. The first-order valence-electron chi connectivity index (χ1n) is 7.66. The Bertz CT molecular complexity index is 640. The molecule has 0 saturated carbocycles. The SMILES string of the molecule is CC1=C(C)C[C@@](NC(=O)c2ccccc2)(C(=O)N(C)C)[C@@H](Cl)C1. The molecule has 1 aliphatic rings. The molecule has 0 bridgehead atoms. The van der Waals surface area contributed by atoms with Gasteiger partial charge in [-0.15, -0.1) is 11.6 Å². The molecular weight excluding hydrogens is 312 g/mol. The van der Waals surface area contributed by atoms with E-state index >= 15 is 0 Å². The molecule has 1 aromatic rings. The predicted octanol–water partition coefficient (Wildman–Crippen LogP) is 2.98. The zero-order chi connectivity index (χ0) is 17.2. The molecule has 0 saturated heterocycles. The van der Waals surface area contributed by atoms with Crippen LogP contribution in [-0.4, -0.2) is 41.7 Å². The fourth-order valence-electron chi connectivity index (χ4n) is 2.95. The van der Waals surface area contributed by atoms with Gasteiger partial charge in [0.15, 0.2) is 0 Å². The minimum atomic E-state index is -1.11. The molecule has 0 fully saturated rings. The Kier molecular flexibility index (Phi) is 5.15. The van der Waals surface area contributed by atoms with E-state index in [1.54, 1.807) is 38.4 Å². The molecular formula is C18H23ClN2O2. The van der Waals surface area contributed by atoms with Crippen molar-refractivity contribution in [1.82, 2.24) is 10.2 Å². The Morgan fingerprint density at radius 1 is 1.17 bits per heavy atom. The maximum Gasteiger partial charge on any atom is 0.252 e. The van der Waals surface area contributed by atoms with Crippen LogP contribution in [0.15, 0.2) is 41.5 Å². The van der Waals surface area contributed by atoms with Crippen molar-refractivity contribution < 1.29 is 9.59 Å². The standard InChI is InChI=1S/C18H23ClN2O2/c1-12-10-15(19)18(11-13(12)2,17(23)21(3)4)20-16(22)14-8-6-5-7-9-14/h5-9,15H,10-11H2,1-4H3,(H,20,22)/t15-,18-/m0/s1. The molecule has 23 heavy (non-hydrogen) atoms. The maximum atomic E-state index is 12.9. The fraction of sp³-hybridized carbons (Fsp3) is 0.444. The molecule has 5 heteroatoms. The number of likely N-dealkylation sites (N-methyl/N-ethyl adjacent to an activating group) is 1. The van der Waals surface area contributed by atoms with Gasteiger partial charge in [0, 0.05) is 26.1 Å². The molecule has 0 heterocycles. The van der Waals surface area contributed by atoms with E-state index in [0.717, 1.165) is 5.57 Å². The van der Waals surface area contributed by atoms with Crippen molar-refractivity contribution in [2.24, 2.45) is 0 Å². The van der Waals surface area contributed by atoms with E-state index in [2.05, 4.69) is 5.32 Å². The van der Waals surface area contributed by atoms with Gasteiger partial charge in [-0.1, -0.05) is 29.3 Å². The van der Waals surface area contributed by atoms with Crippen LogP contribution in [-0.2, 0) is 4.79 Å². The number of amides is 2. The van der Waals surface area contributed by atoms with Gasteiger partial charge in [0.1, 0.15) is 5.54 Å². The van der Waals surface area contributed by atoms with Gasteiger partial charge in [0.05, 0.1) is 5.38 Å². The first kappa shape index (κ1) is 17.5. The number of hydrogen-bond donors (Lipinski definition) is 1. The second kappa shape index (κ2) is 6.75. The van der Waals surface area contributed by atoms with Crippen molar-refractivity contribution in [3.8, 4) is 0 Å². The zero-order valence-corrected chi connectivity index (χ0v) is 14.8. The Hall–Kier alpha value is -1.81. The smallest absolute Gasteiger partial charge is 0.252 e. The van der Waals surface area contributed by atoms with Gasteiger partial charge >= 0.3 is 0 Å². The van der Waals surface area contributed by atoms with E-state index in [1.807, 2.05) is 19.9 Å². The van der Waals surface area contributed by atoms with Crippen LogP contribution >= 0.6 is 11.6 Å². The van der Waals surface area contributed by atoms with Gasteiger partial charge in [0.25, 0.3) is 5.91 Å². The van der Waals surface area contributed by atoms with E-state index in [-0.39, 0.29) is 11.8 Å². The summed E-state index contributed by atoms with van der Waals surface area (Å²) in [5.74, 6) is -0.451. The van der Waals surface area contributed by atoms with Crippen LogP contribution < -0.4 is 5.32 Å². The number of halogens is 1. The maximum absolute atomic E-state index is 12.9. The highest BCUT2D eigenvalue weighted by Crippen LogP contribution is 2.37. The Balaban J connectivity index is 2.40. The zero-order valence-electron chi connectivity index (χ0n) is 14.0. The number of rotatable bonds is 3.